The molecule has 0 saturated heterocycles. The number of carbonyl (C=O) groups is 1. The molecule has 0 unspecified atom stereocenters. The maximum atomic E-state index is 13.3. The lowest BCUT2D eigenvalue weighted by Crippen LogP contribution is -2.26. The molecule has 0 spiro atoms. The molecule has 0 aliphatic rings. The van der Waals surface area contributed by atoms with Gasteiger partial charge in [0.15, 0.2) is 0 Å². The Kier molecular flexibility index (Phi) is 3.81. The van der Waals surface area contributed by atoms with E-state index in [1.807, 2.05) is 0 Å². The average molecular weight is 312 g/mol. The molecule has 0 bridgehead atoms. The highest BCUT2D eigenvalue weighted by molar-refractivity contribution is 9.10. The number of hydrogen-bond acceptors (Lipinski definition) is 2. The molecule has 0 saturated carbocycles. The molecular weight excluding hydrogens is 301 g/mol. The Bertz CT molecular complexity index is 554. The monoisotopic (exact) mass is 311 g/mol. The van der Waals surface area contributed by atoms with E-state index in [0.29, 0.717) is 22.3 Å². The van der Waals surface area contributed by atoms with E-state index in [1.54, 1.807) is 31.5 Å². The second-order valence-electron chi connectivity index (χ2n) is 3.87. The van der Waals surface area contributed by atoms with Crippen molar-refractivity contribution in [1.29, 1.82) is 0 Å². The molecule has 3 nitrogen and oxygen atoms in total. The summed E-state index contributed by atoms with van der Waals surface area (Å²) in [5.74, 6) is -0.0199. The molecule has 94 valence electrons. The second kappa shape index (κ2) is 5.35. The molecule has 18 heavy (non-hydrogen) atoms. The van der Waals surface area contributed by atoms with E-state index in [1.165, 1.54) is 17.0 Å². The van der Waals surface area contributed by atoms with E-state index >= 15 is 0 Å². The van der Waals surface area contributed by atoms with Crippen LogP contribution in [-0.2, 0) is 6.54 Å². The normalized spacial score (nSPS) is 10.4. The fourth-order valence-electron chi connectivity index (χ4n) is 1.56. The highest BCUT2D eigenvalue weighted by atomic mass is 79.9. The number of benzene rings is 1. The van der Waals surface area contributed by atoms with E-state index < -0.39 is 5.82 Å². The van der Waals surface area contributed by atoms with Gasteiger partial charge in [-0.05, 0) is 46.3 Å². The molecule has 1 aromatic heterocycles. The summed E-state index contributed by atoms with van der Waals surface area (Å²) >= 11 is 3.05. The molecule has 0 atom stereocenters. The van der Waals surface area contributed by atoms with Crippen LogP contribution in [0.3, 0.4) is 0 Å². The fraction of sp³-hybridized carbons (Fsp3) is 0.154. The largest absolute Gasteiger partial charge is 0.467 e. The van der Waals surface area contributed by atoms with Crippen molar-refractivity contribution in [1.82, 2.24) is 4.90 Å². The van der Waals surface area contributed by atoms with Crippen LogP contribution in [0.1, 0.15) is 16.1 Å². The Labute approximate surface area is 112 Å². The van der Waals surface area contributed by atoms with Gasteiger partial charge in [0.1, 0.15) is 11.6 Å². The molecule has 0 fully saturated rings. The van der Waals surface area contributed by atoms with Gasteiger partial charge >= 0.3 is 0 Å². The first-order chi connectivity index (χ1) is 8.58. The van der Waals surface area contributed by atoms with Crippen LogP contribution in [0.4, 0.5) is 4.39 Å². The second-order valence-corrected chi connectivity index (χ2v) is 4.72. The number of rotatable bonds is 3. The van der Waals surface area contributed by atoms with Crippen molar-refractivity contribution in [2.24, 2.45) is 0 Å². The summed E-state index contributed by atoms with van der Waals surface area (Å²) in [5, 5.41) is 0. The van der Waals surface area contributed by atoms with Crippen molar-refractivity contribution in [2.75, 3.05) is 7.05 Å². The van der Waals surface area contributed by atoms with E-state index in [-0.39, 0.29) is 5.91 Å². The SMILES string of the molecule is CN(Cc1ccco1)C(=O)c1ccc(Br)c(F)c1. The number of amides is 1. The minimum absolute atomic E-state index is 0.252. The van der Waals surface area contributed by atoms with Crippen molar-refractivity contribution < 1.29 is 13.6 Å². The van der Waals surface area contributed by atoms with Crippen LogP contribution >= 0.6 is 15.9 Å². The quantitative estimate of drug-likeness (QED) is 0.870. The number of furan rings is 1. The summed E-state index contributed by atoms with van der Waals surface area (Å²) in [6, 6.07) is 7.85. The van der Waals surface area contributed by atoms with Crippen LogP contribution in [-0.4, -0.2) is 17.9 Å². The number of halogens is 2. The maximum Gasteiger partial charge on any atom is 0.254 e. The van der Waals surface area contributed by atoms with Gasteiger partial charge in [-0.2, -0.15) is 0 Å². The molecule has 1 amide bonds. The molecule has 2 rings (SSSR count). The molecule has 0 aliphatic heterocycles. The Morgan fingerprint density at radius 1 is 1.44 bits per heavy atom. The third-order valence-corrected chi connectivity index (χ3v) is 3.13. The fourth-order valence-corrected chi connectivity index (χ4v) is 1.80. The smallest absolute Gasteiger partial charge is 0.254 e. The Morgan fingerprint density at radius 2 is 2.22 bits per heavy atom. The topological polar surface area (TPSA) is 33.5 Å². The first-order valence-electron chi connectivity index (χ1n) is 5.31. The third-order valence-electron chi connectivity index (χ3n) is 2.49. The van der Waals surface area contributed by atoms with Crippen LogP contribution in [0, 0.1) is 5.82 Å². The Morgan fingerprint density at radius 3 is 2.83 bits per heavy atom. The highest BCUT2D eigenvalue weighted by Gasteiger charge is 2.14. The zero-order chi connectivity index (χ0) is 13.1. The summed E-state index contributed by atoms with van der Waals surface area (Å²) in [6.45, 7) is 0.351. The van der Waals surface area contributed by atoms with Crippen LogP contribution in [0.5, 0.6) is 0 Å². The highest BCUT2D eigenvalue weighted by Crippen LogP contribution is 2.17. The predicted octanol–water partition coefficient (Wildman–Crippen LogP) is 3.45. The maximum absolute atomic E-state index is 13.3. The summed E-state index contributed by atoms with van der Waals surface area (Å²) in [7, 11) is 1.64. The first-order valence-corrected chi connectivity index (χ1v) is 6.10. The molecule has 0 radical (unpaired) electrons. The average Bonchev–Trinajstić information content (AvgIpc) is 2.84. The third kappa shape index (κ3) is 2.79. The van der Waals surface area contributed by atoms with Gasteiger partial charge in [0, 0.05) is 12.6 Å². The van der Waals surface area contributed by atoms with Crippen LogP contribution < -0.4 is 0 Å². The van der Waals surface area contributed by atoms with Gasteiger partial charge in [-0.15, -0.1) is 0 Å². The molecule has 2 aromatic rings. The molecule has 1 heterocycles. The Hall–Kier alpha value is -1.62. The van der Waals surface area contributed by atoms with E-state index in [4.69, 9.17) is 4.42 Å². The summed E-state index contributed by atoms with van der Waals surface area (Å²) in [4.78, 5) is 13.5. The lowest BCUT2D eigenvalue weighted by Gasteiger charge is -2.15. The van der Waals surface area contributed by atoms with Gasteiger partial charge < -0.3 is 9.32 Å². The minimum Gasteiger partial charge on any atom is -0.467 e. The number of nitrogens with zero attached hydrogens (tertiary/aromatic N) is 1. The summed E-state index contributed by atoms with van der Waals surface area (Å²) in [6.07, 6.45) is 1.55. The van der Waals surface area contributed by atoms with E-state index in [9.17, 15) is 9.18 Å². The van der Waals surface area contributed by atoms with Crippen LogP contribution in [0.15, 0.2) is 45.5 Å². The van der Waals surface area contributed by atoms with Gasteiger partial charge in [-0.3, -0.25) is 4.79 Å². The minimum atomic E-state index is -0.452. The van der Waals surface area contributed by atoms with Crippen molar-refractivity contribution >= 4 is 21.8 Å². The summed E-state index contributed by atoms with van der Waals surface area (Å²) < 4.78 is 18.8. The van der Waals surface area contributed by atoms with Gasteiger partial charge in [0.05, 0.1) is 17.3 Å². The molecule has 1 aromatic carbocycles. The zero-order valence-electron chi connectivity index (χ0n) is 9.69. The molecule has 5 heteroatoms. The lowest BCUT2D eigenvalue weighted by molar-refractivity contribution is 0.0775. The summed E-state index contributed by atoms with van der Waals surface area (Å²) in [5.41, 5.74) is 0.310. The predicted molar refractivity (Wildman–Crippen MR) is 68.6 cm³/mol. The van der Waals surface area contributed by atoms with Crippen molar-refractivity contribution in [3.63, 3.8) is 0 Å². The molecule has 0 N–H and O–H groups in total. The Balaban J connectivity index is 2.12. The molecular formula is C13H11BrFNO2. The van der Waals surface area contributed by atoms with Gasteiger partial charge in [-0.1, -0.05) is 0 Å². The molecule has 0 aliphatic carbocycles. The van der Waals surface area contributed by atoms with Gasteiger partial charge in [-0.25, -0.2) is 4.39 Å². The van der Waals surface area contributed by atoms with E-state index in [0.717, 1.165) is 0 Å². The number of hydrogen-bond donors (Lipinski definition) is 0. The van der Waals surface area contributed by atoms with Gasteiger partial charge in [0.2, 0.25) is 0 Å². The van der Waals surface area contributed by atoms with Crippen molar-refractivity contribution in [2.45, 2.75) is 6.54 Å². The standard InChI is InChI=1S/C13H11BrFNO2/c1-16(8-10-3-2-6-18-10)13(17)9-4-5-11(14)12(15)7-9/h2-7H,8H2,1H3. The van der Waals surface area contributed by atoms with Crippen LogP contribution in [0.2, 0.25) is 0 Å². The van der Waals surface area contributed by atoms with Crippen molar-refractivity contribution in [3.05, 3.63) is 58.2 Å². The first kappa shape index (κ1) is 12.8. The van der Waals surface area contributed by atoms with Crippen LogP contribution in [0.25, 0.3) is 0 Å². The van der Waals surface area contributed by atoms with Crippen molar-refractivity contribution in [3.8, 4) is 0 Å². The zero-order valence-corrected chi connectivity index (χ0v) is 11.3. The van der Waals surface area contributed by atoms with Gasteiger partial charge in [0.25, 0.3) is 5.91 Å². The number of carbonyl (C=O) groups excluding carboxylic acids is 1. The van der Waals surface area contributed by atoms with E-state index in [2.05, 4.69) is 15.9 Å². The lowest BCUT2D eigenvalue weighted by atomic mass is 10.2.